The highest BCUT2D eigenvalue weighted by Gasteiger charge is 2.21. The molecule has 0 bridgehead atoms. The largest absolute Gasteiger partial charge is 0.351 e. The summed E-state index contributed by atoms with van der Waals surface area (Å²) < 4.78 is 6.90. The molecule has 0 aliphatic carbocycles. The number of aryl methyl sites for hydroxylation is 1. The molecule has 114 valence electrons. The van der Waals surface area contributed by atoms with Gasteiger partial charge in [0.15, 0.2) is 11.6 Å². The first kappa shape index (κ1) is 13.1. The molecule has 0 atom stereocenters. The average Bonchev–Trinajstić information content (AvgIpc) is 3.16. The molecule has 1 aliphatic heterocycles. The van der Waals surface area contributed by atoms with Crippen LogP contribution in [0.3, 0.4) is 0 Å². The van der Waals surface area contributed by atoms with Gasteiger partial charge in [0, 0.05) is 45.5 Å². The smallest absolute Gasteiger partial charge is 0.223 e. The molecule has 0 unspecified atom stereocenters. The lowest BCUT2D eigenvalue weighted by molar-refractivity contribution is 0.239. The van der Waals surface area contributed by atoms with Crippen LogP contribution in [0.1, 0.15) is 11.7 Å². The van der Waals surface area contributed by atoms with E-state index in [0.29, 0.717) is 12.4 Å². The van der Waals surface area contributed by atoms with Gasteiger partial charge in [-0.1, -0.05) is 5.16 Å². The maximum atomic E-state index is 5.01. The first-order valence-corrected chi connectivity index (χ1v) is 7.20. The summed E-state index contributed by atoms with van der Waals surface area (Å²) in [6.45, 7) is 6.13. The van der Waals surface area contributed by atoms with Crippen LogP contribution in [0, 0.1) is 6.92 Å². The van der Waals surface area contributed by atoms with E-state index in [4.69, 9.17) is 4.52 Å². The van der Waals surface area contributed by atoms with Crippen molar-refractivity contribution in [1.82, 2.24) is 34.6 Å². The van der Waals surface area contributed by atoms with Gasteiger partial charge in [0.1, 0.15) is 6.33 Å². The highest BCUT2D eigenvalue weighted by Crippen LogP contribution is 2.18. The molecule has 1 aliphatic rings. The molecule has 3 aromatic rings. The van der Waals surface area contributed by atoms with Gasteiger partial charge in [0.2, 0.25) is 11.5 Å². The summed E-state index contributed by atoms with van der Waals surface area (Å²) in [5.74, 6) is 2.23. The van der Waals surface area contributed by atoms with Crippen LogP contribution in [0.15, 0.2) is 23.2 Å². The summed E-state index contributed by atoms with van der Waals surface area (Å²) in [4.78, 5) is 13.3. The van der Waals surface area contributed by atoms with Crippen molar-refractivity contribution in [3.8, 4) is 0 Å². The van der Waals surface area contributed by atoms with E-state index in [-0.39, 0.29) is 0 Å². The molecule has 3 aromatic heterocycles. The number of aromatic nitrogens is 6. The third-order valence-corrected chi connectivity index (χ3v) is 3.80. The van der Waals surface area contributed by atoms with E-state index in [9.17, 15) is 0 Å². The number of hydrogen-bond acceptors (Lipinski definition) is 8. The summed E-state index contributed by atoms with van der Waals surface area (Å²) >= 11 is 0. The highest BCUT2D eigenvalue weighted by molar-refractivity contribution is 5.63. The van der Waals surface area contributed by atoms with Gasteiger partial charge in [-0.25, -0.2) is 4.98 Å². The van der Waals surface area contributed by atoms with Gasteiger partial charge in [-0.3, -0.25) is 9.30 Å². The van der Waals surface area contributed by atoms with Gasteiger partial charge in [-0.05, 0) is 0 Å². The molecule has 9 nitrogen and oxygen atoms in total. The van der Waals surface area contributed by atoms with Gasteiger partial charge in [-0.15, -0.1) is 10.2 Å². The Hall–Kier alpha value is -2.55. The van der Waals surface area contributed by atoms with E-state index in [1.54, 1.807) is 19.4 Å². The van der Waals surface area contributed by atoms with Crippen molar-refractivity contribution in [3.63, 3.8) is 0 Å². The Morgan fingerprint density at radius 1 is 1.23 bits per heavy atom. The number of rotatable bonds is 3. The molecular weight excluding hydrogens is 284 g/mol. The van der Waals surface area contributed by atoms with Crippen LogP contribution in [0.2, 0.25) is 0 Å². The second-order valence-electron chi connectivity index (χ2n) is 5.31. The fraction of sp³-hybridized carbons (Fsp3) is 0.462. The van der Waals surface area contributed by atoms with Crippen molar-refractivity contribution in [2.75, 3.05) is 31.1 Å². The minimum Gasteiger partial charge on any atom is -0.351 e. The summed E-state index contributed by atoms with van der Waals surface area (Å²) in [6.07, 6.45) is 5.32. The lowest BCUT2D eigenvalue weighted by Gasteiger charge is -2.34. The van der Waals surface area contributed by atoms with Crippen LogP contribution >= 0.6 is 0 Å². The quantitative estimate of drug-likeness (QED) is 0.675. The summed E-state index contributed by atoms with van der Waals surface area (Å²) in [5.41, 5.74) is 0.796. The van der Waals surface area contributed by atoms with Gasteiger partial charge >= 0.3 is 0 Å². The van der Waals surface area contributed by atoms with E-state index < -0.39 is 0 Å². The number of hydrogen-bond donors (Lipinski definition) is 0. The standard InChI is InChI=1S/C13H16N8O/c1-10-16-11(18-22-10)8-19-4-6-20(7-5-19)12-13-17-15-9-21(13)3-2-14-12/h2-3,9H,4-8H2,1H3. The molecule has 0 amide bonds. The summed E-state index contributed by atoms with van der Waals surface area (Å²) in [7, 11) is 0. The van der Waals surface area contributed by atoms with Crippen molar-refractivity contribution in [2.24, 2.45) is 0 Å². The van der Waals surface area contributed by atoms with Gasteiger partial charge in [0.05, 0.1) is 6.54 Å². The third-order valence-electron chi connectivity index (χ3n) is 3.80. The highest BCUT2D eigenvalue weighted by atomic mass is 16.5. The first-order valence-electron chi connectivity index (χ1n) is 7.20. The molecule has 9 heteroatoms. The minimum absolute atomic E-state index is 0.608. The molecule has 4 rings (SSSR count). The lowest BCUT2D eigenvalue weighted by Crippen LogP contribution is -2.46. The first-order chi connectivity index (χ1) is 10.8. The number of anilines is 1. The van der Waals surface area contributed by atoms with Gasteiger partial charge in [-0.2, -0.15) is 4.98 Å². The molecular formula is C13H16N8O. The Balaban J connectivity index is 1.44. The molecule has 1 saturated heterocycles. The van der Waals surface area contributed by atoms with Crippen molar-refractivity contribution >= 4 is 11.5 Å². The fourth-order valence-electron chi connectivity index (χ4n) is 2.69. The molecule has 0 saturated carbocycles. The van der Waals surface area contributed by atoms with Gasteiger partial charge < -0.3 is 9.42 Å². The van der Waals surface area contributed by atoms with E-state index in [2.05, 4.69) is 35.1 Å². The Morgan fingerprint density at radius 2 is 2.09 bits per heavy atom. The predicted octanol–water partition coefficient (Wildman–Crippen LogP) is 0.138. The lowest BCUT2D eigenvalue weighted by atomic mass is 10.3. The second kappa shape index (κ2) is 5.34. The number of nitrogens with zero attached hydrogens (tertiary/aromatic N) is 8. The summed E-state index contributed by atoms with van der Waals surface area (Å²) in [6, 6.07) is 0. The number of piperazine rings is 1. The third kappa shape index (κ3) is 2.39. The monoisotopic (exact) mass is 300 g/mol. The van der Waals surface area contributed by atoms with Crippen molar-refractivity contribution in [2.45, 2.75) is 13.5 Å². The van der Waals surface area contributed by atoms with Crippen LogP contribution in [-0.4, -0.2) is 60.8 Å². The zero-order valence-corrected chi connectivity index (χ0v) is 12.3. The molecule has 0 N–H and O–H groups in total. The average molecular weight is 300 g/mol. The van der Waals surface area contributed by atoms with Crippen molar-refractivity contribution < 1.29 is 4.52 Å². The van der Waals surface area contributed by atoms with Gasteiger partial charge in [0.25, 0.3) is 0 Å². The summed E-state index contributed by atoms with van der Waals surface area (Å²) in [5, 5.41) is 12.0. The van der Waals surface area contributed by atoms with Crippen LogP contribution < -0.4 is 4.90 Å². The maximum Gasteiger partial charge on any atom is 0.223 e. The van der Waals surface area contributed by atoms with Crippen molar-refractivity contribution in [3.05, 3.63) is 30.4 Å². The van der Waals surface area contributed by atoms with E-state index in [1.807, 2.05) is 10.6 Å². The normalized spacial score (nSPS) is 16.5. The van der Waals surface area contributed by atoms with E-state index in [0.717, 1.165) is 43.5 Å². The van der Waals surface area contributed by atoms with Crippen LogP contribution in [0.5, 0.6) is 0 Å². The van der Waals surface area contributed by atoms with Crippen LogP contribution in [0.25, 0.3) is 5.65 Å². The molecule has 1 fully saturated rings. The molecule has 4 heterocycles. The fourth-order valence-corrected chi connectivity index (χ4v) is 2.69. The molecule has 22 heavy (non-hydrogen) atoms. The molecule has 0 aromatic carbocycles. The van der Waals surface area contributed by atoms with E-state index in [1.165, 1.54) is 0 Å². The Labute approximate surface area is 126 Å². The van der Waals surface area contributed by atoms with Crippen molar-refractivity contribution in [1.29, 1.82) is 0 Å². The van der Waals surface area contributed by atoms with E-state index >= 15 is 0 Å². The Morgan fingerprint density at radius 3 is 2.86 bits per heavy atom. The Kier molecular flexibility index (Phi) is 3.19. The predicted molar refractivity (Wildman–Crippen MR) is 77.3 cm³/mol. The zero-order valence-electron chi connectivity index (χ0n) is 12.3. The zero-order chi connectivity index (χ0) is 14.9. The molecule has 0 spiro atoms. The molecule has 0 radical (unpaired) electrons. The SMILES string of the molecule is Cc1nc(CN2CCN(c3nccn4cnnc34)CC2)no1. The maximum absolute atomic E-state index is 5.01. The topological polar surface area (TPSA) is 88.5 Å². The minimum atomic E-state index is 0.608. The second-order valence-corrected chi connectivity index (χ2v) is 5.31. The number of fused-ring (bicyclic) bond motifs is 1. The Bertz CT molecular complexity index is 773. The van der Waals surface area contributed by atoms with Crippen LogP contribution in [-0.2, 0) is 6.54 Å². The van der Waals surface area contributed by atoms with Crippen LogP contribution in [0.4, 0.5) is 5.82 Å².